The molecule has 0 fully saturated rings. The van der Waals surface area contributed by atoms with Crippen molar-refractivity contribution < 1.29 is 4.79 Å². The number of carbonyl (C=O) groups is 1. The second-order valence-corrected chi connectivity index (χ2v) is 5.18. The molecular formula is C14H12ClN3O2. The van der Waals surface area contributed by atoms with E-state index in [2.05, 4.69) is 9.97 Å². The zero-order valence-electron chi connectivity index (χ0n) is 10.8. The van der Waals surface area contributed by atoms with E-state index in [-0.39, 0.29) is 18.0 Å². The summed E-state index contributed by atoms with van der Waals surface area (Å²) in [5.74, 6) is 0.411. The van der Waals surface area contributed by atoms with Gasteiger partial charge in [-0.05, 0) is 25.1 Å². The Morgan fingerprint density at radius 2 is 2.20 bits per heavy atom. The Labute approximate surface area is 120 Å². The fraction of sp³-hybridized carbons (Fsp3) is 0.214. The molecule has 0 bridgehead atoms. The summed E-state index contributed by atoms with van der Waals surface area (Å²) in [5.41, 5.74) is 1.57. The average molecular weight is 290 g/mol. The minimum Gasteiger partial charge on any atom is -0.328 e. The highest BCUT2D eigenvalue weighted by molar-refractivity contribution is 6.30. The second-order valence-electron chi connectivity index (χ2n) is 4.75. The summed E-state index contributed by atoms with van der Waals surface area (Å²) >= 11 is 5.89. The summed E-state index contributed by atoms with van der Waals surface area (Å²) in [7, 11) is 0. The SMILES string of the molecule is Cc1nc2c(c(=O)[nH]1)CN(C(=O)c1cccc(Cl)c1)C2. The molecule has 0 unspecified atom stereocenters. The van der Waals surface area contributed by atoms with Gasteiger partial charge in [0.2, 0.25) is 0 Å². The van der Waals surface area contributed by atoms with Gasteiger partial charge in [0.25, 0.3) is 11.5 Å². The first-order chi connectivity index (χ1) is 9.54. The summed E-state index contributed by atoms with van der Waals surface area (Å²) < 4.78 is 0. The van der Waals surface area contributed by atoms with Crippen LogP contribution in [0.4, 0.5) is 0 Å². The van der Waals surface area contributed by atoms with Crippen molar-refractivity contribution in [1.82, 2.24) is 14.9 Å². The largest absolute Gasteiger partial charge is 0.328 e. The van der Waals surface area contributed by atoms with E-state index in [1.165, 1.54) is 0 Å². The second kappa shape index (κ2) is 4.76. The predicted molar refractivity (Wildman–Crippen MR) is 74.6 cm³/mol. The van der Waals surface area contributed by atoms with Crippen molar-refractivity contribution in [3.8, 4) is 0 Å². The van der Waals surface area contributed by atoms with E-state index >= 15 is 0 Å². The number of aromatic amines is 1. The van der Waals surface area contributed by atoms with E-state index < -0.39 is 0 Å². The van der Waals surface area contributed by atoms with Crippen LogP contribution in [0.2, 0.25) is 5.02 Å². The Balaban J connectivity index is 1.90. The van der Waals surface area contributed by atoms with Gasteiger partial charge in [-0.1, -0.05) is 17.7 Å². The van der Waals surface area contributed by atoms with Crippen LogP contribution in [0.5, 0.6) is 0 Å². The van der Waals surface area contributed by atoms with Gasteiger partial charge >= 0.3 is 0 Å². The molecule has 5 nitrogen and oxygen atoms in total. The van der Waals surface area contributed by atoms with Crippen molar-refractivity contribution in [3.63, 3.8) is 0 Å². The number of nitrogens with zero attached hydrogens (tertiary/aromatic N) is 2. The van der Waals surface area contributed by atoms with Gasteiger partial charge in [0.05, 0.1) is 24.3 Å². The van der Waals surface area contributed by atoms with Crippen LogP contribution in [0.1, 0.15) is 27.4 Å². The molecule has 2 heterocycles. The van der Waals surface area contributed by atoms with Gasteiger partial charge in [-0.3, -0.25) is 9.59 Å². The fourth-order valence-corrected chi connectivity index (χ4v) is 2.53. The maximum atomic E-state index is 12.4. The van der Waals surface area contributed by atoms with E-state index in [1.54, 1.807) is 36.1 Å². The van der Waals surface area contributed by atoms with Gasteiger partial charge in [0, 0.05) is 10.6 Å². The molecule has 1 N–H and O–H groups in total. The van der Waals surface area contributed by atoms with Gasteiger partial charge < -0.3 is 9.88 Å². The van der Waals surface area contributed by atoms with Crippen molar-refractivity contribution in [2.24, 2.45) is 0 Å². The highest BCUT2D eigenvalue weighted by Crippen LogP contribution is 2.21. The Morgan fingerprint density at radius 3 is 2.95 bits per heavy atom. The first-order valence-corrected chi connectivity index (χ1v) is 6.56. The zero-order valence-corrected chi connectivity index (χ0v) is 11.6. The van der Waals surface area contributed by atoms with Crippen LogP contribution in [0, 0.1) is 6.92 Å². The Morgan fingerprint density at radius 1 is 1.40 bits per heavy atom. The van der Waals surface area contributed by atoms with Crippen molar-refractivity contribution >= 4 is 17.5 Å². The third-order valence-corrected chi connectivity index (χ3v) is 3.50. The Bertz CT molecular complexity index is 754. The lowest BCUT2D eigenvalue weighted by atomic mass is 10.2. The number of hydrogen-bond acceptors (Lipinski definition) is 3. The number of carbonyl (C=O) groups excluding carboxylic acids is 1. The van der Waals surface area contributed by atoms with E-state index in [4.69, 9.17) is 11.6 Å². The topological polar surface area (TPSA) is 66.1 Å². The molecule has 1 aromatic carbocycles. The first-order valence-electron chi connectivity index (χ1n) is 6.18. The van der Waals surface area contributed by atoms with E-state index in [0.717, 1.165) is 0 Å². The molecule has 0 saturated heterocycles. The quantitative estimate of drug-likeness (QED) is 0.872. The van der Waals surface area contributed by atoms with Crippen molar-refractivity contribution in [3.05, 3.63) is 62.3 Å². The molecule has 0 aliphatic carbocycles. The van der Waals surface area contributed by atoms with Crippen LogP contribution >= 0.6 is 11.6 Å². The number of aryl methyl sites for hydroxylation is 1. The van der Waals surface area contributed by atoms with Crippen molar-refractivity contribution in [1.29, 1.82) is 0 Å². The number of hydrogen-bond donors (Lipinski definition) is 1. The summed E-state index contributed by atoms with van der Waals surface area (Å²) in [6.07, 6.45) is 0. The third-order valence-electron chi connectivity index (χ3n) is 3.27. The minimum absolute atomic E-state index is 0.150. The van der Waals surface area contributed by atoms with Gasteiger partial charge in [0.15, 0.2) is 0 Å². The Kier molecular flexibility index (Phi) is 3.06. The maximum absolute atomic E-state index is 12.4. The van der Waals surface area contributed by atoms with Crippen LogP contribution < -0.4 is 5.56 Å². The molecule has 1 amide bonds. The van der Waals surface area contributed by atoms with Crippen LogP contribution in [0.25, 0.3) is 0 Å². The molecule has 102 valence electrons. The maximum Gasteiger partial charge on any atom is 0.256 e. The summed E-state index contributed by atoms with van der Waals surface area (Å²) in [6.45, 7) is 2.36. The molecule has 3 rings (SSSR count). The first kappa shape index (κ1) is 12.9. The van der Waals surface area contributed by atoms with Crippen LogP contribution in [0.15, 0.2) is 29.1 Å². The molecule has 0 saturated carbocycles. The molecule has 1 aromatic heterocycles. The lowest BCUT2D eigenvalue weighted by molar-refractivity contribution is 0.0750. The molecule has 1 aliphatic rings. The predicted octanol–water partition coefficient (Wildman–Crippen LogP) is 1.89. The van der Waals surface area contributed by atoms with Crippen LogP contribution in [0.3, 0.4) is 0 Å². The highest BCUT2D eigenvalue weighted by Gasteiger charge is 2.27. The van der Waals surface area contributed by atoms with E-state index in [9.17, 15) is 9.59 Å². The number of H-pyrrole nitrogens is 1. The highest BCUT2D eigenvalue weighted by atomic mass is 35.5. The number of rotatable bonds is 1. The number of fused-ring (bicyclic) bond motifs is 1. The number of amides is 1. The number of nitrogens with one attached hydrogen (secondary N) is 1. The van der Waals surface area contributed by atoms with Crippen LogP contribution in [-0.2, 0) is 13.1 Å². The normalized spacial score (nSPS) is 13.4. The van der Waals surface area contributed by atoms with Gasteiger partial charge in [-0.2, -0.15) is 0 Å². The average Bonchev–Trinajstić information content (AvgIpc) is 2.82. The Hall–Kier alpha value is -2.14. The molecule has 0 radical (unpaired) electrons. The molecule has 0 atom stereocenters. The lowest BCUT2D eigenvalue weighted by Crippen LogP contribution is -2.26. The van der Waals surface area contributed by atoms with E-state index in [0.29, 0.717) is 34.2 Å². The third kappa shape index (κ3) is 2.20. The monoisotopic (exact) mass is 289 g/mol. The van der Waals surface area contributed by atoms with Crippen molar-refractivity contribution in [2.75, 3.05) is 0 Å². The molecule has 2 aromatic rings. The lowest BCUT2D eigenvalue weighted by Gasteiger charge is -2.14. The van der Waals surface area contributed by atoms with Gasteiger partial charge in [0.1, 0.15) is 5.82 Å². The van der Waals surface area contributed by atoms with Gasteiger partial charge in [-0.25, -0.2) is 4.98 Å². The van der Waals surface area contributed by atoms with E-state index in [1.807, 2.05) is 0 Å². The summed E-state index contributed by atoms with van der Waals surface area (Å²) in [6, 6.07) is 6.77. The number of aromatic nitrogens is 2. The summed E-state index contributed by atoms with van der Waals surface area (Å²) in [4.78, 5) is 32.8. The molecule has 1 aliphatic heterocycles. The number of halogens is 1. The summed E-state index contributed by atoms with van der Waals surface area (Å²) in [5, 5.41) is 0.513. The molecular weight excluding hydrogens is 278 g/mol. The molecule has 6 heteroatoms. The van der Waals surface area contributed by atoms with Crippen LogP contribution in [-0.4, -0.2) is 20.8 Å². The van der Waals surface area contributed by atoms with Crippen molar-refractivity contribution in [2.45, 2.75) is 20.0 Å². The minimum atomic E-state index is -0.172. The number of benzene rings is 1. The molecule has 0 spiro atoms. The zero-order chi connectivity index (χ0) is 14.3. The molecule has 20 heavy (non-hydrogen) atoms. The smallest absolute Gasteiger partial charge is 0.256 e. The standard InChI is InChI=1S/C14H12ClN3O2/c1-8-16-12-7-18(6-11(12)13(19)17-8)14(20)9-3-2-4-10(15)5-9/h2-5H,6-7H2,1H3,(H,16,17,19). The van der Waals surface area contributed by atoms with Gasteiger partial charge in [-0.15, -0.1) is 0 Å². The fourth-order valence-electron chi connectivity index (χ4n) is 2.34.